The van der Waals surface area contributed by atoms with Gasteiger partial charge in [0.2, 0.25) is 10.0 Å². The molecule has 0 fully saturated rings. The minimum absolute atomic E-state index is 0.00910. The number of rotatable bonds is 3. The number of sulfonamides is 1. The molecule has 0 saturated carbocycles. The van der Waals surface area contributed by atoms with Crippen molar-refractivity contribution in [3.8, 4) is 11.8 Å². The van der Waals surface area contributed by atoms with Gasteiger partial charge in [0.1, 0.15) is 5.82 Å². The third-order valence-corrected chi connectivity index (χ3v) is 3.21. The standard InChI is InChI=1S/C10H11FN2O2S/c1-2-3-6-13-16(14,15)8-4-5-10(12)9(11)7-8/h4-5,7,13H,6,12H2,1H3. The van der Waals surface area contributed by atoms with Gasteiger partial charge in [0, 0.05) is 0 Å². The summed E-state index contributed by atoms with van der Waals surface area (Å²) in [5, 5.41) is 0. The van der Waals surface area contributed by atoms with Gasteiger partial charge in [-0.2, -0.15) is 4.72 Å². The van der Waals surface area contributed by atoms with Crippen LogP contribution < -0.4 is 10.5 Å². The summed E-state index contributed by atoms with van der Waals surface area (Å²) in [5.74, 6) is 4.32. The Balaban J connectivity index is 2.97. The van der Waals surface area contributed by atoms with Crippen LogP contribution in [0.5, 0.6) is 0 Å². The average Bonchev–Trinajstić information content (AvgIpc) is 2.22. The average molecular weight is 242 g/mol. The van der Waals surface area contributed by atoms with Crippen LogP contribution in [-0.4, -0.2) is 15.0 Å². The van der Waals surface area contributed by atoms with Crippen molar-refractivity contribution in [1.82, 2.24) is 4.72 Å². The summed E-state index contributed by atoms with van der Waals surface area (Å²) < 4.78 is 38.4. The van der Waals surface area contributed by atoms with Gasteiger partial charge >= 0.3 is 0 Å². The van der Waals surface area contributed by atoms with Crippen molar-refractivity contribution in [3.05, 3.63) is 24.0 Å². The lowest BCUT2D eigenvalue weighted by atomic mass is 10.3. The lowest BCUT2D eigenvalue weighted by molar-refractivity contribution is 0.582. The summed E-state index contributed by atoms with van der Waals surface area (Å²) in [4.78, 5) is -0.169. The zero-order chi connectivity index (χ0) is 12.2. The highest BCUT2D eigenvalue weighted by Gasteiger charge is 2.14. The summed E-state index contributed by atoms with van der Waals surface area (Å²) in [6.45, 7) is 1.59. The molecule has 0 bridgehead atoms. The third kappa shape index (κ3) is 2.95. The molecule has 0 aliphatic carbocycles. The van der Waals surface area contributed by atoms with E-state index in [2.05, 4.69) is 16.6 Å². The molecular weight excluding hydrogens is 231 g/mol. The predicted octanol–water partition coefficient (Wildman–Crippen LogP) is 0.709. The molecule has 0 aliphatic rings. The Kier molecular flexibility index (Phi) is 3.88. The van der Waals surface area contributed by atoms with E-state index >= 15 is 0 Å². The second-order valence-electron chi connectivity index (χ2n) is 2.93. The van der Waals surface area contributed by atoms with E-state index in [4.69, 9.17) is 5.73 Å². The summed E-state index contributed by atoms with van der Waals surface area (Å²) in [5.41, 5.74) is 5.15. The normalized spacial score (nSPS) is 10.6. The van der Waals surface area contributed by atoms with Crippen molar-refractivity contribution in [2.24, 2.45) is 0 Å². The van der Waals surface area contributed by atoms with E-state index in [-0.39, 0.29) is 17.1 Å². The fourth-order valence-corrected chi connectivity index (χ4v) is 1.91. The first-order valence-corrected chi connectivity index (χ1v) is 5.90. The van der Waals surface area contributed by atoms with Gasteiger partial charge in [-0.1, -0.05) is 5.92 Å². The van der Waals surface area contributed by atoms with Gasteiger partial charge in [-0.05, 0) is 25.1 Å². The molecule has 16 heavy (non-hydrogen) atoms. The molecule has 86 valence electrons. The van der Waals surface area contributed by atoms with E-state index in [1.165, 1.54) is 12.1 Å². The highest BCUT2D eigenvalue weighted by molar-refractivity contribution is 7.89. The molecule has 0 saturated heterocycles. The van der Waals surface area contributed by atoms with Crippen LogP contribution in [-0.2, 0) is 10.0 Å². The molecule has 1 aromatic carbocycles. The first kappa shape index (κ1) is 12.5. The zero-order valence-electron chi connectivity index (χ0n) is 8.62. The molecule has 0 spiro atoms. The summed E-state index contributed by atoms with van der Waals surface area (Å²) in [6, 6.07) is 3.31. The maximum atomic E-state index is 13.1. The molecule has 0 aromatic heterocycles. The smallest absolute Gasteiger partial charge is 0.241 e. The van der Waals surface area contributed by atoms with Gasteiger partial charge in [0.25, 0.3) is 0 Å². The number of hydrogen-bond acceptors (Lipinski definition) is 3. The zero-order valence-corrected chi connectivity index (χ0v) is 9.44. The van der Waals surface area contributed by atoms with Gasteiger partial charge < -0.3 is 5.73 Å². The molecule has 1 aromatic rings. The SMILES string of the molecule is CC#CCNS(=O)(=O)c1ccc(N)c(F)c1. The Morgan fingerprint density at radius 3 is 2.75 bits per heavy atom. The molecule has 0 aliphatic heterocycles. The van der Waals surface area contributed by atoms with Crippen LogP contribution in [0.3, 0.4) is 0 Å². The Labute approximate surface area is 93.7 Å². The van der Waals surface area contributed by atoms with Crippen LogP contribution in [0.15, 0.2) is 23.1 Å². The fourth-order valence-electron chi connectivity index (χ4n) is 0.978. The van der Waals surface area contributed by atoms with Crippen molar-refractivity contribution in [3.63, 3.8) is 0 Å². The van der Waals surface area contributed by atoms with E-state index in [1.54, 1.807) is 6.92 Å². The number of nitrogens with one attached hydrogen (secondary N) is 1. The maximum Gasteiger partial charge on any atom is 0.241 e. The van der Waals surface area contributed by atoms with E-state index in [0.717, 1.165) is 6.07 Å². The van der Waals surface area contributed by atoms with Gasteiger partial charge in [-0.3, -0.25) is 0 Å². The number of nitrogens with two attached hydrogens (primary N) is 1. The van der Waals surface area contributed by atoms with Crippen LogP contribution in [0.4, 0.5) is 10.1 Å². The van der Waals surface area contributed by atoms with Crippen LogP contribution in [0, 0.1) is 17.7 Å². The monoisotopic (exact) mass is 242 g/mol. The largest absolute Gasteiger partial charge is 0.396 e. The molecule has 0 amide bonds. The van der Waals surface area contributed by atoms with Crippen LogP contribution >= 0.6 is 0 Å². The number of benzene rings is 1. The highest BCUT2D eigenvalue weighted by Crippen LogP contribution is 2.15. The Morgan fingerprint density at radius 1 is 1.50 bits per heavy atom. The van der Waals surface area contributed by atoms with Crippen molar-refractivity contribution < 1.29 is 12.8 Å². The number of nitrogen functional groups attached to an aromatic ring is 1. The van der Waals surface area contributed by atoms with Gasteiger partial charge in [0.15, 0.2) is 0 Å². The molecular formula is C10H11FN2O2S. The summed E-state index contributed by atoms with van der Waals surface area (Å²) in [6.07, 6.45) is 0. The van der Waals surface area contributed by atoms with Crippen molar-refractivity contribution in [2.45, 2.75) is 11.8 Å². The van der Waals surface area contributed by atoms with Gasteiger partial charge in [-0.25, -0.2) is 12.8 Å². The molecule has 4 nitrogen and oxygen atoms in total. The van der Waals surface area contributed by atoms with Crippen LogP contribution in [0.25, 0.3) is 0 Å². The quantitative estimate of drug-likeness (QED) is 0.605. The first-order chi connectivity index (χ1) is 7.47. The van der Waals surface area contributed by atoms with E-state index in [0.29, 0.717) is 0 Å². The second kappa shape index (κ2) is 4.96. The lowest BCUT2D eigenvalue weighted by Crippen LogP contribution is -2.24. The maximum absolute atomic E-state index is 13.1. The number of hydrogen-bond donors (Lipinski definition) is 2. The Morgan fingerprint density at radius 2 is 2.19 bits per heavy atom. The summed E-state index contributed by atoms with van der Waals surface area (Å²) >= 11 is 0. The third-order valence-electron chi connectivity index (χ3n) is 1.81. The molecule has 0 radical (unpaired) electrons. The van der Waals surface area contributed by atoms with E-state index in [1.807, 2.05) is 0 Å². The van der Waals surface area contributed by atoms with Crippen molar-refractivity contribution in [1.29, 1.82) is 0 Å². The molecule has 3 N–H and O–H groups in total. The molecule has 1 rings (SSSR count). The fraction of sp³-hybridized carbons (Fsp3) is 0.200. The number of halogens is 1. The molecule has 0 unspecified atom stereocenters. The summed E-state index contributed by atoms with van der Waals surface area (Å²) in [7, 11) is -3.72. The van der Waals surface area contributed by atoms with Crippen molar-refractivity contribution in [2.75, 3.05) is 12.3 Å². The predicted molar refractivity (Wildman–Crippen MR) is 59.5 cm³/mol. The van der Waals surface area contributed by atoms with Gasteiger partial charge in [-0.15, -0.1) is 5.92 Å². The van der Waals surface area contributed by atoms with Crippen molar-refractivity contribution >= 4 is 15.7 Å². The minimum atomic E-state index is -3.72. The number of anilines is 1. The van der Waals surface area contributed by atoms with Crippen LogP contribution in [0.2, 0.25) is 0 Å². The molecule has 6 heteroatoms. The van der Waals surface area contributed by atoms with E-state index in [9.17, 15) is 12.8 Å². The molecule has 0 atom stereocenters. The van der Waals surface area contributed by atoms with Crippen LogP contribution in [0.1, 0.15) is 6.92 Å². The lowest BCUT2D eigenvalue weighted by Gasteiger charge is -2.04. The van der Waals surface area contributed by atoms with Gasteiger partial charge in [0.05, 0.1) is 17.1 Å². The Bertz CT molecular complexity index is 544. The van der Waals surface area contributed by atoms with E-state index < -0.39 is 15.8 Å². The second-order valence-corrected chi connectivity index (χ2v) is 4.70. The minimum Gasteiger partial charge on any atom is -0.396 e. The topological polar surface area (TPSA) is 72.2 Å². The molecule has 0 heterocycles. The first-order valence-electron chi connectivity index (χ1n) is 4.41. The highest BCUT2D eigenvalue weighted by atomic mass is 32.2. The Hall–Kier alpha value is -1.58.